The van der Waals surface area contributed by atoms with Crippen molar-refractivity contribution in [3.05, 3.63) is 53.2 Å². The van der Waals surface area contributed by atoms with E-state index < -0.39 is 11.6 Å². The van der Waals surface area contributed by atoms with Gasteiger partial charge >= 0.3 is 0 Å². The van der Waals surface area contributed by atoms with Crippen molar-refractivity contribution >= 4 is 0 Å². The first-order valence-corrected chi connectivity index (χ1v) is 8.03. The molecule has 1 aromatic carbocycles. The minimum atomic E-state index is -0.789. The topological polar surface area (TPSA) is 12.9 Å². The van der Waals surface area contributed by atoms with Crippen LogP contribution in [0.2, 0.25) is 0 Å². The Bertz CT molecular complexity index is 606. The average Bonchev–Trinajstić information content (AvgIpc) is 2.52. The zero-order valence-electron chi connectivity index (χ0n) is 13.3. The second-order valence-corrected chi connectivity index (χ2v) is 5.79. The summed E-state index contributed by atoms with van der Waals surface area (Å²) in [5.41, 5.74) is 2.15. The van der Waals surface area contributed by atoms with Crippen LogP contribution in [0.3, 0.4) is 0 Å². The third-order valence-electron chi connectivity index (χ3n) is 3.90. The van der Waals surface area contributed by atoms with Gasteiger partial charge in [-0.05, 0) is 43.0 Å². The van der Waals surface area contributed by atoms with Gasteiger partial charge in [-0.15, -0.1) is 0 Å². The molecule has 1 heterocycles. The summed E-state index contributed by atoms with van der Waals surface area (Å²) in [6.45, 7) is 4.07. The van der Waals surface area contributed by atoms with Gasteiger partial charge in [-0.2, -0.15) is 0 Å². The lowest BCUT2D eigenvalue weighted by atomic mass is 10.0. The Morgan fingerprint density at radius 3 is 2.36 bits per heavy atom. The molecule has 0 unspecified atom stereocenters. The number of aromatic nitrogens is 1. The van der Waals surface area contributed by atoms with E-state index in [2.05, 4.69) is 11.9 Å². The Balaban J connectivity index is 2.10. The van der Waals surface area contributed by atoms with E-state index in [0.29, 0.717) is 17.7 Å². The summed E-state index contributed by atoms with van der Waals surface area (Å²) in [7, 11) is 0. The summed E-state index contributed by atoms with van der Waals surface area (Å²) < 4.78 is 28.5. The van der Waals surface area contributed by atoms with E-state index in [0.717, 1.165) is 24.8 Å². The number of hydrogen-bond acceptors (Lipinski definition) is 1. The van der Waals surface area contributed by atoms with Gasteiger partial charge < -0.3 is 0 Å². The third-order valence-corrected chi connectivity index (χ3v) is 3.90. The first-order valence-electron chi connectivity index (χ1n) is 8.03. The summed E-state index contributed by atoms with van der Waals surface area (Å²) in [5, 5.41) is 0. The van der Waals surface area contributed by atoms with Crippen LogP contribution in [0.15, 0.2) is 30.5 Å². The van der Waals surface area contributed by atoms with Gasteiger partial charge in [0.05, 0.1) is 5.69 Å². The molecule has 0 atom stereocenters. The van der Waals surface area contributed by atoms with Gasteiger partial charge in [0.15, 0.2) is 11.6 Å². The van der Waals surface area contributed by atoms with Crippen LogP contribution in [0, 0.1) is 18.6 Å². The SMILES string of the molecule is CCCCCCCc1ccc(-c2ccc(C)cn2)c(F)c1F. The number of pyridine rings is 1. The highest BCUT2D eigenvalue weighted by molar-refractivity contribution is 5.60. The molecule has 0 spiro atoms. The highest BCUT2D eigenvalue weighted by Crippen LogP contribution is 2.26. The van der Waals surface area contributed by atoms with Crippen molar-refractivity contribution in [3.63, 3.8) is 0 Å². The fourth-order valence-corrected chi connectivity index (χ4v) is 2.53. The van der Waals surface area contributed by atoms with Crippen molar-refractivity contribution in [1.82, 2.24) is 4.98 Å². The summed E-state index contributed by atoms with van der Waals surface area (Å²) in [5.74, 6) is -1.52. The molecule has 0 aliphatic heterocycles. The fourth-order valence-electron chi connectivity index (χ4n) is 2.53. The van der Waals surface area contributed by atoms with Gasteiger partial charge in [-0.25, -0.2) is 8.78 Å². The van der Waals surface area contributed by atoms with Crippen molar-refractivity contribution in [3.8, 4) is 11.3 Å². The second-order valence-electron chi connectivity index (χ2n) is 5.79. The third kappa shape index (κ3) is 4.12. The molecule has 1 nitrogen and oxygen atoms in total. The van der Waals surface area contributed by atoms with Gasteiger partial charge in [0.1, 0.15) is 0 Å². The lowest BCUT2D eigenvalue weighted by Crippen LogP contribution is -1.98. The minimum Gasteiger partial charge on any atom is -0.256 e. The maximum absolute atomic E-state index is 14.3. The molecule has 1 aromatic heterocycles. The van der Waals surface area contributed by atoms with Crippen LogP contribution in [0.5, 0.6) is 0 Å². The van der Waals surface area contributed by atoms with E-state index >= 15 is 0 Å². The van der Waals surface area contributed by atoms with Crippen molar-refractivity contribution < 1.29 is 8.78 Å². The number of hydrogen-bond donors (Lipinski definition) is 0. The predicted octanol–water partition coefficient (Wildman–Crippen LogP) is 5.85. The maximum atomic E-state index is 14.3. The Labute approximate surface area is 131 Å². The van der Waals surface area contributed by atoms with Crippen LogP contribution >= 0.6 is 0 Å². The van der Waals surface area contributed by atoms with E-state index in [9.17, 15) is 8.78 Å². The predicted molar refractivity (Wildman–Crippen MR) is 86.8 cm³/mol. The molecule has 118 valence electrons. The Hall–Kier alpha value is -1.77. The molecule has 0 saturated carbocycles. The summed E-state index contributed by atoms with van der Waals surface area (Å²) in [6.07, 6.45) is 7.76. The number of rotatable bonds is 7. The lowest BCUT2D eigenvalue weighted by molar-refractivity contribution is 0.497. The highest BCUT2D eigenvalue weighted by atomic mass is 19.2. The molecule has 0 radical (unpaired) electrons. The number of aryl methyl sites for hydroxylation is 2. The Morgan fingerprint density at radius 1 is 0.909 bits per heavy atom. The van der Waals surface area contributed by atoms with Crippen LogP contribution in [-0.2, 0) is 6.42 Å². The highest BCUT2D eigenvalue weighted by Gasteiger charge is 2.15. The van der Waals surface area contributed by atoms with E-state index in [1.54, 1.807) is 24.4 Å². The molecule has 0 aliphatic carbocycles. The van der Waals surface area contributed by atoms with Gasteiger partial charge in [-0.3, -0.25) is 4.98 Å². The maximum Gasteiger partial charge on any atom is 0.168 e. The van der Waals surface area contributed by atoms with Crippen LogP contribution in [-0.4, -0.2) is 4.98 Å². The van der Waals surface area contributed by atoms with Crippen molar-refractivity contribution in [1.29, 1.82) is 0 Å². The molecule has 2 rings (SSSR count). The fraction of sp³-hybridized carbons (Fsp3) is 0.421. The van der Waals surface area contributed by atoms with Gasteiger partial charge in [0.2, 0.25) is 0 Å². The molecule has 22 heavy (non-hydrogen) atoms. The quantitative estimate of drug-likeness (QED) is 0.585. The van der Waals surface area contributed by atoms with E-state index in [-0.39, 0.29) is 5.56 Å². The van der Waals surface area contributed by atoms with Crippen LogP contribution in [0.4, 0.5) is 8.78 Å². The number of benzene rings is 1. The molecule has 0 saturated heterocycles. The molecule has 0 fully saturated rings. The van der Waals surface area contributed by atoms with Gasteiger partial charge in [0, 0.05) is 11.8 Å². The normalized spacial score (nSPS) is 10.9. The number of halogens is 2. The van der Waals surface area contributed by atoms with Crippen LogP contribution < -0.4 is 0 Å². The van der Waals surface area contributed by atoms with Crippen molar-refractivity contribution in [2.45, 2.75) is 52.4 Å². The first kappa shape index (κ1) is 16.6. The van der Waals surface area contributed by atoms with E-state index in [1.807, 2.05) is 13.0 Å². The zero-order chi connectivity index (χ0) is 15.9. The average molecular weight is 303 g/mol. The summed E-state index contributed by atoms with van der Waals surface area (Å²) >= 11 is 0. The molecule has 2 aromatic rings. The largest absolute Gasteiger partial charge is 0.256 e. The molecule has 0 amide bonds. The summed E-state index contributed by atoms with van der Waals surface area (Å²) in [4.78, 5) is 4.17. The smallest absolute Gasteiger partial charge is 0.168 e. The molecule has 0 bridgehead atoms. The lowest BCUT2D eigenvalue weighted by Gasteiger charge is -2.08. The van der Waals surface area contributed by atoms with E-state index in [4.69, 9.17) is 0 Å². The van der Waals surface area contributed by atoms with Crippen LogP contribution in [0.1, 0.15) is 50.2 Å². The first-order chi connectivity index (χ1) is 10.6. The molecular weight excluding hydrogens is 280 g/mol. The number of unbranched alkanes of at least 4 members (excludes halogenated alkanes) is 4. The molecule has 0 N–H and O–H groups in total. The molecule has 3 heteroatoms. The molecular formula is C19H23F2N. The Kier molecular flexibility index (Phi) is 6.05. The standard InChI is InChI=1S/C19H23F2N/c1-3-4-5-6-7-8-15-10-11-16(19(21)18(15)20)17-12-9-14(2)13-22-17/h9-13H,3-8H2,1-2H3. The van der Waals surface area contributed by atoms with Crippen molar-refractivity contribution in [2.24, 2.45) is 0 Å². The number of nitrogens with zero attached hydrogens (tertiary/aromatic N) is 1. The monoisotopic (exact) mass is 303 g/mol. The second kappa shape index (κ2) is 8.02. The van der Waals surface area contributed by atoms with Gasteiger partial charge in [-0.1, -0.05) is 44.7 Å². The van der Waals surface area contributed by atoms with E-state index in [1.165, 1.54) is 12.8 Å². The zero-order valence-corrected chi connectivity index (χ0v) is 13.3. The molecule has 0 aliphatic rings. The van der Waals surface area contributed by atoms with Crippen LogP contribution in [0.25, 0.3) is 11.3 Å². The Morgan fingerprint density at radius 2 is 1.68 bits per heavy atom. The minimum absolute atomic E-state index is 0.229. The van der Waals surface area contributed by atoms with Gasteiger partial charge in [0.25, 0.3) is 0 Å². The summed E-state index contributed by atoms with van der Waals surface area (Å²) in [6, 6.07) is 6.89. The van der Waals surface area contributed by atoms with Crippen molar-refractivity contribution in [2.75, 3.05) is 0 Å².